The fourth-order valence-electron chi connectivity index (χ4n) is 4.89. The highest BCUT2D eigenvalue weighted by Crippen LogP contribution is 2.41. The zero-order valence-electron chi connectivity index (χ0n) is 21.3. The van der Waals surface area contributed by atoms with Gasteiger partial charge in [0.1, 0.15) is 17.8 Å². The third-order valence-electron chi connectivity index (χ3n) is 6.66. The summed E-state index contributed by atoms with van der Waals surface area (Å²) in [6.45, 7) is 14.2. The van der Waals surface area contributed by atoms with Crippen LogP contribution in [0.3, 0.4) is 0 Å². The van der Waals surface area contributed by atoms with Gasteiger partial charge in [-0.15, -0.1) is 11.3 Å². The lowest BCUT2D eigenvalue weighted by atomic mass is 9.96. The molecule has 2 fully saturated rings. The molecule has 0 N–H and O–H groups in total. The third kappa shape index (κ3) is 5.92. The average Bonchev–Trinajstić information content (AvgIpc) is 3.32. The number of amides is 1. The van der Waals surface area contributed by atoms with Crippen molar-refractivity contribution in [3.05, 3.63) is 12.3 Å². The molecule has 2 saturated heterocycles. The van der Waals surface area contributed by atoms with E-state index in [-0.39, 0.29) is 18.2 Å². The predicted molar refractivity (Wildman–Crippen MR) is 138 cm³/mol. The molecule has 2 aliphatic heterocycles. The highest BCUT2D eigenvalue weighted by atomic mass is 32.1. The molecule has 1 amide bonds. The van der Waals surface area contributed by atoms with Crippen LogP contribution in [-0.4, -0.2) is 66.2 Å². The molecule has 9 heteroatoms. The monoisotopic (exact) mass is 492 g/mol. The van der Waals surface area contributed by atoms with Crippen molar-refractivity contribution in [2.75, 3.05) is 18.6 Å². The Hall–Kier alpha value is -1.58. The van der Waals surface area contributed by atoms with Gasteiger partial charge in [0, 0.05) is 52.1 Å². The number of carbonyl (C=O) groups excluding carboxylic acids is 1. The predicted octanol–water partition coefficient (Wildman–Crippen LogP) is 5.78. The van der Waals surface area contributed by atoms with Gasteiger partial charge in [0.15, 0.2) is 0 Å². The normalized spacial score (nSPS) is 23.4. The number of hydrogen-bond donors (Lipinski definition) is 0. The molecule has 0 aliphatic carbocycles. The van der Waals surface area contributed by atoms with Gasteiger partial charge in [-0.2, -0.15) is 5.10 Å². The van der Waals surface area contributed by atoms with Crippen LogP contribution in [0.25, 0.3) is 10.2 Å². The Morgan fingerprint density at radius 2 is 1.91 bits per heavy atom. The summed E-state index contributed by atoms with van der Waals surface area (Å²) in [5.41, 5.74) is 0.583. The van der Waals surface area contributed by atoms with Crippen molar-refractivity contribution in [1.82, 2.24) is 14.7 Å². The van der Waals surface area contributed by atoms with Crippen molar-refractivity contribution in [3.63, 3.8) is 0 Å². The maximum Gasteiger partial charge on any atom is 0.410 e. The number of fused-ring (bicyclic) bond motifs is 3. The van der Waals surface area contributed by atoms with Crippen LogP contribution in [0.15, 0.2) is 12.3 Å². The summed E-state index contributed by atoms with van der Waals surface area (Å²) in [7, 11) is 1.12. The molecule has 2 bridgehead atoms. The van der Waals surface area contributed by atoms with E-state index in [2.05, 4.69) is 43.9 Å². The minimum Gasteiger partial charge on any atom is -0.444 e. The molecule has 0 radical (unpaired) electrons. The molecule has 3 atom stereocenters. The molecule has 7 nitrogen and oxygen atoms in total. The van der Waals surface area contributed by atoms with E-state index in [4.69, 9.17) is 14.6 Å². The van der Waals surface area contributed by atoms with Gasteiger partial charge in [-0.25, -0.2) is 9.48 Å². The lowest BCUT2D eigenvalue weighted by Crippen LogP contribution is -2.53. The van der Waals surface area contributed by atoms with Crippen molar-refractivity contribution in [3.8, 4) is 0 Å². The maximum absolute atomic E-state index is 12.8. The Bertz CT molecular complexity index is 931. The Balaban J connectivity index is 1.35. The molecule has 2 aliphatic rings. The van der Waals surface area contributed by atoms with Crippen LogP contribution in [0, 0.1) is 0 Å². The number of rotatable bonds is 7. The van der Waals surface area contributed by atoms with E-state index >= 15 is 0 Å². The SMILES string of the molecule is CN(c1cc2nn(COCC[Si](C)(C)C)cc2s1)C1C[C@H]2CC[C@@H](C1)N2C(=O)OC(C)(C)C. The van der Waals surface area contributed by atoms with E-state index in [1.54, 1.807) is 11.3 Å². The molecule has 33 heavy (non-hydrogen) atoms. The van der Waals surface area contributed by atoms with E-state index in [0.717, 1.165) is 37.8 Å². The Kier molecular flexibility index (Phi) is 6.86. The third-order valence-corrected chi connectivity index (χ3v) is 9.51. The fourth-order valence-corrected chi connectivity index (χ4v) is 6.71. The van der Waals surface area contributed by atoms with E-state index in [1.165, 1.54) is 15.7 Å². The standard InChI is InChI=1S/C24H40N4O3SSi/c1-24(2,3)31-23(29)28-17-8-9-18(28)13-19(12-17)26(4)22-14-20-21(32-22)15-27(25-20)16-30-10-11-33(5,6)7/h14-15,17-19H,8-13,16H2,1-7H3/t17-,18+,19?. The van der Waals surface area contributed by atoms with Crippen LogP contribution in [0.1, 0.15) is 46.5 Å². The smallest absolute Gasteiger partial charge is 0.410 e. The molecule has 0 aromatic carbocycles. The summed E-state index contributed by atoms with van der Waals surface area (Å²) in [4.78, 5) is 17.2. The molecule has 0 saturated carbocycles. The van der Waals surface area contributed by atoms with Crippen molar-refractivity contribution in [2.45, 2.75) is 103 Å². The zero-order valence-corrected chi connectivity index (χ0v) is 23.1. The van der Waals surface area contributed by atoms with E-state index in [1.807, 2.05) is 30.4 Å². The second-order valence-electron chi connectivity index (χ2n) is 11.9. The van der Waals surface area contributed by atoms with Gasteiger partial charge in [0.25, 0.3) is 0 Å². The molecule has 1 unspecified atom stereocenters. The highest BCUT2D eigenvalue weighted by Gasteiger charge is 2.45. The number of aromatic nitrogens is 2. The van der Waals surface area contributed by atoms with Gasteiger partial charge in [-0.1, -0.05) is 19.6 Å². The minimum atomic E-state index is -1.06. The second-order valence-corrected chi connectivity index (χ2v) is 18.5. The number of anilines is 1. The van der Waals surface area contributed by atoms with Crippen molar-refractivity contribution in [2.24, 2.45) is 0 Å². The first-order valence-corrected chi connectivity index (χ1v) is 16.7. The van der Waals surface area contributed by atoms with Crippen LogP contribution in [-0.2, 0) is 16.2 Å². The van der Waals surface area contributed by atoms with Crippen LogP contribution in [0.4, 0.5) is 9.80 Å². The highest BCUT2D eigenvalue weighted by molar-refractivity contribution is 7.22. The van der Waals surface area contributed by atoms with Crippen molar-refractivity contribution in [1.29, 1.82) is 0 Å². The molecular weight excluding hydrogens is 452 g/mol. The number of carbonyl (C=O) groups is 1. The first kappa shape index (κ1) is 24.5. The molecular formula is C24H40N4O3SSi. The number of ether oxygens (including phenoxy) is 2. The lowest BCUT2D eigenvalue weighted by Gasteiger charge is -2.42. The largest absolute Gasteiger partial charge is 0.444 e. The topological polar surface area (TPSA) is 59.8 Å². The summed E-state index contributed by atoms with van der Waals surface area (Å²) >= 11 is 1.79. The first-order valence-electron chi connectivity index (χ1n) is 12.2. The van der Waals surface area contributed by atoms with Gasteiger partial charge >= 0.3 is 6.09 Å². The van der Waals surface area contributed by atoms with Crippen molar-refractivity contribution >= 4 is 40.7 Å². The fraction of sp³-hybridized carbons (Fsp3) is 0.750. The van der Waals surface area contributed by atoms with E-state index < -0.39 is 13.7 Å². The van der Waals surface area contributed by atoms with Gasteiger partial charge in [-0.3, -0.25) is 0 Å². The summed E-state index contributed by atoms with van der Waals surface area (Å²) < 4.78 is 14.6. The summed E-state index contributed by atoms with van der Waals surface area (Å²) in [6.07, 6.45) is 6.09. The quantitative estimate of drug-likeness (QED) is 0.362. The molecule has 184 valence electrons. The molecule has 4 heterocycles. The average molecular weight is 493 g/mol. The summed E-state index contributed by atoms with van der Waals surface area (Å²) in [5.74, 6) is 0. The number of hydrogen-bond acceptors (Lipinski definition) is 6. The summed E-state index contributed by atoms with van der Waals surface area (Å²) in [5, 5.41) is 5.97. The minimum absolute atomic E-state index is 0.147. The maximum atomic E-state index is 12.8. The van der Waals surface area contributed by atoms with Gasteiger partial charge in [0.05, 0.1) is 9.70 Å². The first-order chi connectivity index (χ1) is 15.4. The van der Waals surface area contributed by atoms with Crippen LogP contribution < -0.4 is 4.90 Å². The Labute approximate surface area is 203 Å². The van der Waals surface area contributed by atoms with E-state index in [9.17, 15) is 4.79 Å². The van der Waals surface area contributed by atoms with Gasteiger partial charge in [-0.05, 0) is 52.5 Å². The van der Waals surface area contributed by atoms with Crippen LogP contribution in [0.2, 0.25) is 25.7 Å². The molecule has 2 aromatic rings. The molecule has 4 rings (SSSR count). The zero-order chi connectivity index (χ0) is 24.0. The van der Waals surface area contributed by atoms with Gasteiger partial charge < -0.3 is 19.3 Å². The number of thiophene rings is 1. The Morgan fingerprint density at radius 3 is 2.48 bits per heavy atom. The number of nitrogens with zero attached hydrogens (tertiary/aromatic N) is 4. The Morgan fingerprint density at radius 1 is 1.24 bits per heavy atom. The van der Waals surface area contributed by atoms with Crippen molar-refractivity contribution < 1.29 is 14.3 Å². The molecule has 0 spiro atoms. The van der Waals surface area contributed by atoms with E-state index in [0.29, 0.717) is 12.8 Å². The van der Waals surface area contributed by atoms with Crippen LogP contribution >= 0.6 is 11.3 Å². The van der Waals surface area contributed by atoms with Crippen LogP contribution in [0.5, 0.6) is 0 Å². The van der Waals surface area contributed by atoms with Gasteiger partial charge in [0.2, 0.25) is 0 Å². The number of piperidine rings is 1. The summed E-state index contributed by atoms with van der Waals surface area (Å²) in [6, 6.07) is 4.35. The molecule has 2 aromatic heterocycles. The second kappa shape index (κ2) is 9.22. The lowest BCUT2D eigenvalue weighted by molar-refractivity contribution is 0.00600.